The smallest absolute Gasteiger partial charge is 0.0325 e. The minimum Gasteiger partial charge on any atom is -0.303 e. The molecule has 1 fully saturated rings. The molecule has 1 saturated heterocycles. The Bertz CT molecular complexity index is 287. The van der Waals surface area contributed by atoms with Gasteiger partial charge in [0.2, 0.25) is 0 Å². The van der Waals surface area contributed by atoms with Crippen molar-refractivity contribution in [2.45, 2.75) is 24.9 Å². The minimum absolute atomic E-state index is 0.600. The van der Waals surface area contributed by atoms with Gasteiger partial charge in [-0.25, -0.2) is 0 Å². The van der Waals surface area contributed by atoms with E-state index >= 15 is 0 Å². The summed E-state index contributed by atoms with van der Waals surface area (Å²) in [6.45, 7) is 0. The van der Waals surface area contributed by atoms with Crippen LogP contribution in [0.15, 0.2) is 36.5 Å². The van der Waals surface area contributed by atoms with Crippen LogP contribution in [0.25, 0.3) is 0 Å². The van der Waals surface area contributed by atoms with Crippen LogP contribution in [0.4, 0.5) is 0 Å². The molecule has 0 radical (unpaired) electrons. The molecular formula is C12H15N. The lowest BCUT2D eigenvalue weighted by Gasteiger charge is -2.23. The van der Waals surface area contributed by atoms with Crippen molar-refractivity contribution < 1.29 is 0 Å². The van der Waals surface area contributed by atoms with Gasteiger partial charge in [0.1, 0.15) is 0 Å². The maximum atomic E-state index is 3.67. The maximum absolute atomic E-state index is 3.67. The van der Waals surface area contributed by atoms with Crippen molar-refractivity contribution in [1.82, 2.24) is 5.32 Å². The van der Waals surface area contributed by atoms with E-state index in [9.17, 15) is 0 Å². The van der Waals surface area contributed by atoms with Crippen molar-refractivity contribution in [3.63, 3.8) is 0 Å². The van der Waals surface area contributed by atoms with Crippen molar-refractivity contribution in [2.75, 3.05) is 0 Å². The molecule has 68 valence electrons. The number of hydrogen-bond donors (Lipinski definition) is 1. The van der Waals surface area contributed by atoms with Gasteiger partial charge >= 0.3 is 0 Å². The first-order valence-corrected chi connectivity index (χ1v) is 5.23. The van der Waals surface area contributed by atoms with Crippen LogP contribution in [0.2, 0.25) is 0 Å². The van der Waals surface area contributed by atoms with E-state index in [4.69, 9.17) is 0 Å². The number of hydrogen-bond acceptors (Lipinski definition) is 1. The quantitative estimate of drug-likeness (QED) is 0.553. The number of nitrogens with one attached hydrogen (secondary N) is 1. The predicted octanol–water partition coefficient (Wildman–Crippen LogP) is 2.04. The first-order chi connectivity index (χ1) is 6.45. The Balaban J connectivity index is 1.91. The number of allylic oxidation sites excluding steroid dienone is 3. The molecule has 0 bridgehead atoms. The zero-order chi connectivity index (χ0) is 8.67. The third-order valence-corrected chi connectivity index (χ3v) is 3.53. The lowest BCUT2D eigenvalue weighted by Crippen LogP contribution is -2.30. The Kier molecular flexibility index (Phi) is 1.66. The number of fused-ring (bicyclic) bond motifs is 3. The molecule has 4 atom stereocenters. The molecule has 4 unspecified atom stereocenters. The van der Waals surface area contributed by atoms with E-state index in [2.05, 4.69) is 41.8 Å². The average molecular weight is 173 g/mol. The summed E-state index contributed by atoms with van der Waals surface area (Å²) >= 11 is 0. The monoisotopic (exact) mass is 173 g/mol. The summed E-state index contributed by atoms with van der Waals surface area (Å²) in [4.78, 5) is 0. The molecule has 3 aliphatic rings. The third-order valence-electron chi connectivity index (χ3n) is 3.53. The van der Waals surface area contributed by atoms with Crippen LogP contribution in [0.5, 0.6) is 0 Å². The Morgan fingerprint density at radius 2 is 1.92 bits per heavy atom. The van der Waals surface area contributed by atoms with Gasteiger partial charge in [0.05, 0.1) is 0 Å². The van der Waals surface area contributed by atoms with E-state index < -0.39 is 0 Å². The standard InChI is InChI=1S/C12H15N/c1-3-7-11-9(5-1)10-6-2-4-8-12(10)13-11/h1,3-5,7-13H,2,6H2. The Morgan fingerprint density at radius 1 is 1.00 bits per heavy atom. The van der Waals surface area contributed by atoms with E-state index in [0.29, 0.717) is 12.1 Å². The molecule has 0 amide bonds. The fourth-order valence-electron chi connectivity index (χ4n) is 2.89. The highest BCUT2D eigenvalue weighted by molar-refractivity contribution is 5.25. The summed E-state index contributed by atoms with van der Waals surface area (Å²) in [7, 11) is 0. The molecule has 0 spiro atoms. The van der Waals surface area contributed by atoms with E-state index in [1.54, 1.807) is 0 Å². The molecule has 1 heteroatoms. The normalized spacial score (nSPS) is 46.2. The van der Waals surface area contributed by atoms with E-state index in [1.807, 2.05) is 0 Å². The van der Waals surface area contributed by atoms with E-state index in [-0.39, 0.29) is 0 Å². The van der Waals surface area contributed by atoms with Crippen molar-refractivity contribution in [1.29, 1.82) is 0 Å². The summed E-state index contributed by atoms with van der Waals surface area (Å²) in [5.41, 5.74) is 0. The topological polar surface area (TPSA) is 12.0 Å². The highest BCUT2D eigenvalue weighted by atomic mass is 15.0. The van der Waals surface area contributed by atoms with Crippen LogP contribution in [-0.2, 0) is 0 Å². The highest BCUT2D eigenvalue weighted by Gasteiger charge is 2.39. The lowest BCUT2D eigenvalue weighted by atomic mass is 9.80. The molecule has 0 aromatic rings. The molecule has 0 saturated carbocycles. The van der Waals surface area contributed by atoms with Crippen molar-refractivity contribution in [3.05, 3.63) is 36.5 Å². The van der Waals surface area contributed by atoms with Gasteiger partial charge in [-0.15, -0.1) is 0 Å². The SMILES string of the molecule is C1=CC2NC3C=CCCC3C2C=C1. The molecule has 3 rings (SSSR count). The van der Waals surface area contributed by atoms with Crippen molar-refractivity contribution in [3.8, 4) is 0 Å². The lowest BCUT2D eigenvalue weighted by molar-refractivity contribution is 0.398. The average Bonchev–Trinajstić information content (AvgIpc) is 2.56. The molecule has 1 N–H and O–H groups in total. The molecule has 13 heavy (non-hydrogen) atoms. The van der Waals surface area contributed by atoms with E-state index in [1.165, 1.54) is 12.8 Å². The summed E-state index contributed by atoms with van der Waals surface area (Å²) in [5, 5.41) is 3.67. The van der Waals surface area contributed by atoms with Crippen molar-refractivity contribution in [2.24, 2.45) is 11.8 Å². The fraction of sp³-hybridized carbons (Fsp3) is 0.500. The second-order valence-electron chi connectivity index (χ2n) is 4.23. The second kappa shape index (κ2) is 2.85. The molecular weight excluding hydrogens is 158 g/mol. The van der Waals surface area contributed by atoms with Gasteiger partial charge in [0, 0.05) is 18.0 Å². The Hall–Kier alpha value is -0.820. The molecule has 2 aliphatic carbocycles. The highest BCUT2D eigenvalue weighted by Crippen LogP contribution is 2.37. The number of rotatable bonds is 0. The summed E-state index contributed by atoms with van der Waals surface area (Å²) in [5.74, 6) is 1.59. The van der Waals surface area contributed by atoms with Gasteiger partial charge in [0.25, 0.3) is 0 Å². The van der Waals surface area contributed by atoms with Gasteiger partial charge in [-0.1, -0.05) is 36.5 Å². The van der Waals surface area contributed by atoms with Gasteiger partial charge in [-0.05, 0) is 18.8 Å². The molecule has 1 heterocycles. The Labute approximate surface area is 79.2 Å². The van der Waals surface area contributed by atoms with E-state index in [0.717, 1.165) is 11.8 Å². The van der Waals surface area contributed by atoms with Gasteiger partial charge in [-0.2, -0.15) is 0 Å². The molecule has 0 aromatic heterocycles. The minimum atomic E-state index is 0.600. The van der Waals surface area contributed by atoms with Gasteiger partial charge in [-0.3, -0.25) is 0 Å². The molecule has 1 aliphatic heterocycles. The fourth-order valence-corrected chi connectivity index (χ4v) is 2.89. The van der Waals surface area contributed by atoms with Crippen LogP contribution < -0.4 is 5.32 Å². The Morgan fingerprint density at radius 3 is 2.92 bits per heavy atom. The summed E-state index contributed by atoms with van der Waals surface area (Å²) < 4.78 is 0. The van der Waals surface area contributed by atoms with Crippen LogP contribution in [0, 0.1) is 11.8 Å². The summed E-state index contributed by atoms with van der Waals surface area (Å²) in [6, 6.07) is 1.24. The largest absolute Gasteiger partial charge is 0.303 e. The van der Waals surface area contributed by atoms with Crippen molar-refractivity contribution >= 4 is 0 Å². The van der Waals surface area contributed by atoms with Crippen LogP contribution in [-0.4, -0.2) is 12.1 Å². The van der Waals surface area contributed by atoms with Crippen LogP contribution >= 0.6 is 0 Å². The third kappa shape index (κ3) is 1.11. The zero-order valence-electron chi connectivity index (χ0n) is 7.69. The second-order valence-corrected chi connectivity index (χ2v) is 4.23. The predicted molar refractivity (Wildman–Crippen MR) is 54.3 cm³/mol. The van der Waals surface area contributed by atoms with Gasteiger partial charge in [0.15, 0.2) is 0 Å². The first kappa shape index (κ1) is 7.57. The maximum Gasteiger partial charge on any atom is 0.0325 e. The molecule has 1 nitrogen and oxygen atoms in total. The summed E-state index contributed by atoms with van der Waals surface area (Å²) in [6.07, 6.45) is 16.3. The van der Waals surface area contributed by atoms with Crippen LogP contribution in [0.1, 0.15) is 12.8 Å². The first-order valence-electron chi connectivity index (χ1n) is 5.23. The van der Waals surface area contributed by atoms with Gasteiger partial charge < -0.3 is 5.32 Å². The molecule has 0 aromatic carbocycles. The van der Waals surface area contributed by atoms with Crippen LogP contribution in [0.3, 0.4) is 0 Å². The zero-order valence-corrected chi connectivity index (χ0v) is 7.69.